The van der Waals surface area contributed by atoms with Gasteiger partial charge in [0.25, 0.3) is 0 Å². The molecule has 0 aliphatic carbocycles. The molecule has 0 unspecified atom stereocenters. The van der Waals surface area contributed by atoms with Crippen molar-refractivity contribution in [1.82, 2.24) is 10.2 Å². The first-order chi connectivity index (χ1) is 7.25. The Hall–Kier alpha value is -0.590. The molecular formula is C9H16N2O3S. The van der Waals surface area contributed by atoms with Gasteiger partial charge in [0.1, 0.15) is 0 Å². The third-order valence-electron chi connectivity index (χ3n) is 2.05. The van der Waals surface area contributed by atoms with Crippen LogP contribution in [0.5, 0.6) is 0 Å². The van der Waals surface area contributed by atoms with E-state index in [-0.39, 0.29) is 11.8 Å². The maximum absolute atomic E-state index is 11.4. The molecule has 1 rings (SSSR count). The maximum Gasteiger partial charge on any atom is 0.239 e. The molecule has 1 N–H and O–H groups in total. The fourth-order valence-electron chi connectivity index (χ4n) is 1.26. The molecule has 15 heavy (non-hydrogen) atoms. The van der Waals surface area contributed by atoms with E-state index in [0.717, 1.165) is 6.54 Å². The molecule has 6 heteroatoms. The topological polar surface area (TPSA) is 58.6 Å². The standard InChI is InChI=1S/C9H16N2O3S/c1-14-5-3-10-2-4-11-8(12)6-15-7-9(11)13/h10H,2-7H2,1H3. The lowest BCUT2D eigenvalue weighted by molar-refractivity contribution is -0.142. The van der Waals surface area contributed by atoms with Crippen LogP contribution in [0.15, 0.2) is 0 Å². The van der Waals surface area contributed by atoms with Crippen molar-refractivity contribution >= 4 is 23.6 Å². The van der Waals surface area contributed by atoms with Crippen molar-refractivity contribution in [3.05, 3.63) is 0 Å². The summed E-state index contributed by atoms with van der Waals surface area (Å²) >= 11 is 1.38. The van der Waals surface area contributed by atoms with E-state index in [2.05, 4.69) is 5.32 Å². The second-order valence-electron chi connectivity index (χ2n) is 3.17. The first kappa shape index (κ1) is 12.5. The van der Waals surface area contributed by atoms with Gasteiger partial charge in [-0.25, -0.2) is 0 Å². The van der Waals surface area contributed by atoms with Gasteiger partial charge in [-0.15, -0.1) is 11.8 Å². The van der Waals surface area contributed by atoms with Crippen molar-refractivity contribution in [2.75, 3.05) is 44.9 Å². The molecule has 1 heterocycles. The lowest BCUT2D eigenvalue weighted by Crippen LogP contribution is -2.46. The van der Waals surface area contributed by atoms with E-state index >= 15 is 0 Å². The molecular weight excluding hydrogens is 216 g/mol. The Morgan fingerprint density at radius 2 is 2.00 bits per heavy atom. The summed E-state index contributed by atoms with van der Waals surface area (Å²) in [6.45, 7) is 2.46. The number of hydrogen-bond donors (Lipinski definition) is 1. The predicted octanol–water partition coefficient (Wildman–Crippen LogP) is -0.676. The van der Waals surface area contributed by atoms with Crippen molar-refractivity contribution < 1.29 is 14.3 Å². The molecule has 0 aromatic carbocycles. The normalized spacial score (nSPS) is 17.3. The van der Waals surface area contributed by atoms with Gasteiger partial charge in [-0.05, 0) is 0 Å². The van der Waals surface area contributed by atoms with Gasteiger partial charge in [-0.1, -0.05) is 0 Å². The fourth-order valence-corrected chi connectivity index (χ4v) is 2.02. The van der Waals surface area contributed by atoms with Crippen LogP contribution in [0.3, 0.4) is 0 Å². The molecule has 1 aliphatic heterocycles. The molecule has 0 saturated carbocycles. The van der Waals surface area contributed by atoms with Gasteiger partial charge in [0.15, 0.2) is 0 Å². The SMILES string of the molecule is COCCNCCN1C(=O)CSCC1=O. The lowest BCUT2D eigenvalue weighted by atomic mass is 10.4. The number of rotatable bonds is 6. The number of imide groups is 1. The van der Waals surface area contributed by atoms with E-state index in [1.165, 1.54) is 16.7 Å². The Labute approximate surface area is 93.5 Å². The zero-order valence-corrected chi connectivity index (χ0v) is 9.64. The molecule has 86 valence electrons. The number of thioether (sulfide) groups is 1. The monoisotopic (exact) mass is 232 g/mol. The van der Waals surface area contributed by atoms with Crippen LogP contribution in [-0.4, -0.2) is 61.6 Å². The fraction of sp³-hybridized carbons (Fsp3) is 0.778. The highest BCUT2D eigenvalue weighted by Crippen LogP contribution is 2.11. The summed E-state index contributed by atoms with van der Waals surface area (Å²) in [6, 6.07) is 0. The van der Waals surface area contributed by atoms with Crippen LogP contribution in [0.1, 0.15) is 0 Å². The Balaban J connectivity index is 2.18. The van der Waals surface area contributed by atoms with Gasteiger partial charge in [-0.2, -0.15) is 0 Å². The van der Waals surface area contributed by atoms with Crippen molar-refractivity contribution in [2.45, 2.75) is 0 Å². The van der Waals surface area contributed by atoms with Crippen LogP contribution in [0.25, 0.3) is 0 Å². The summed E-state index contributed by atoms with van der Waals surface area (Å²) in [6.07, 6.45) is 0. The van der Waals surface area contributed by atoms with Gasteiger partial charge >= 0.3 is 0 Å². The van der Waals surface area contributed by atoms with E-state index in [1.54, 1.807) is 7.11 Å². The first-order valence-electron chi connectivity index (χ1n) is 4.86. The summed E-state index contributed by atoms with van der Waals surface area (Å²) in [5.74, 6) is 0.683. The van der Waals surface area contributed by atoms with Gasteiger partial charge in [0.2, 0.25) is 11.8 Å². The second-order valence-corrected chi connectivity index (χ2v) is 4.16. The number of carbonyl (C=O) groups is 2. The zero-order chi connectivity index (χ0) is 11.1. The summed E-state index contributed by atoms with van der Waals surface area (Å²) in [5, 5.41) is 3.10. The molecule has 0 radical (unpaired) electrons. The molecule has 0 aromatic heterocycles. The van der Waals surface area contributed by atoms with Gasteiger partial charge in [0.05, 0.1) is 18.1 Å². The predicted molar refractivity (Wildman–Crippen MR) is 58.8 cm³/mol. The van der Waals surface area contributed by atoms with Crippen molar-refractivity contribution in [1.29, 1.82) is 0 Å². The van der Waals surface area contributed by atoms with E-state index in [0.29, 0.717) is 31.2 Å². The van der Waals surface area contributed by atoms with Crippen molar-refractivity contribution in [3.63, 3.8) is 0 Å². The zero-order valence-electron chi connectivity index (χ0n) is 8.82. The summed E-state index contributed by atoms with van der Waals surface area (Å²) in [7, 11) is 1.64. The molecule has 5 nitrogen and oxygen atoms in total. The average Bonchev–Trinajstić information content (AvgIpc) is 2.21. The minimum Gasteiger partial charge on any atom is -0.383 e. The molecule has 2 amide bonds. The van der Waals surface area contributed by atoms with Crippen LogP contribution < -0.4 is 5.32 Å². The molecule has 0 bridgehead atoms. The third kappa shape index (κ3) is 4.19. The summed E-state index contributed by atoms with van der Waals surface area (Å²) in [4.78, 5) is 24.0. The van der Waals surface area contributed by atoms with Crippen molar-refractivity contribution in [2.24, 2.45) is 0 Å². The lowest BCUT2D eigenvalue weighted by Gasteiger charge is -2.24. The van der Waals surface area contributed by atoms with Crippen LogP contribution in [0, 0.1) is 0 Å². The number of ether oxygens (including phenoxy) is 1. The Morgan fingerprint density at radius 3 is 2.60 bits per heavy atom. The molecule has 1 fully saturated rings. The van der Waals surface area contributed by atoms with Crippen molar-refractivity contribution in [3.8, 4) is 0 Å². The quantitative estimate of drug-likeness (QED) is 0.486. The highest BCUT2D eigenvalue weighted by atomic mass is 32.2. The molecule has 0 aromatic rings. The third-order valence-corrected chi connectivity index (χ3v) is 2.95. The highest BCUT2D eigenvalue weighted by molar-refractivity contribution is 8.00. The highest BCUT2D eigenvalue weighted by Gasteiger charge is 2.25. The van der Waals surface area contributed by atoms with Crippen LogP contribution in [-0.2, 0) is 14.3 Å². The van der Waals surface area contributed by atoms with E-state index in [4.69, 9.17) is 4.74 Å². The average molecular weight is 232 g/mol. The number of methoxy groups -OCH3 is 1. The smallest absolute Gasteiger partial charge is 0.239 e. The second kappa shape index (κ2) is 6.81. The molecule has 0 atom stereocenters. The van der Waals surface area contributed by atoms with E-state index in [9.17, 15) is 9.59 Å². The number of carbonyl (C=O) groups excluding carboxylic acids is 2. The minimum atomic E-state index is -0.0789. The minimum absolute atomic E-state index is 0.0789. The largest absolute Gasteiger partial charge is 0.383 e. The molecule has 1 aliphatic rings. The first-order valence-corrected chi connectivity index (χ1v) is 6.01. The Bertz CT molecular complexity index is 219. The summed E-state index contributed by atoms with van der Waals surface area (Å²) < 4.78 is 4.86. The number of amides is 2. The van der Waals surface area contributed by atoms with Crippen LogP contribution in [0.2, 0.25) is 0 Å². The number of nitrogens with one attached hydrogen (secondary N) is 1. The van der Waals surface area contributed by atoms with Crippen LogP contribution >= 0.6 is 11.8 Å². The van der Waals surface area contributed by atoms with Crippen LogP contribution in [0.4, 0.5) is 0 Å². The van der Waals surface area contributed by atoms with Gasteiger partial charge in [0, 0.05) is 26.7 Å². The number of nitrogens with zero attached hydrogens (tertiary/aromatic N) is 1. The van der Waals surface area contributed by atoms with E-state index < -0.39 is 0 Å². The number of hydrogen-bond acceptors (Lipinski definition) is 5. The molecule has 1 saturated heterocycles. The Kier molecular flexibility index (Phi) is 5.67. The maximum atomic E-state index is 11.4. The van der Waals surface area contributed by atoms with Gasteiger partial charge < -0.3 is 10.1 Å². The van der Waals surface area contributed by atoms with Gasteiger partial charge in [-0.3, -0.25) is 14.5 Å². The molecule has 0 spiro atoms. The summed E-state index contributed by atoms with van der Waals surface area (Å²) in [5.41, 5.74) is 0. The Morgan fingerprint density at radius 1 is 1.33 bits per heavy atom. The van der Waals surface area contributed by atoms with E-state index in [1.807, 2.05) is 0 Å².